The Hall–Kier alpha value is -2.08. The summed E-state index contributed by atoms with van der Waals surface area (Å²) in [6.07, 6.45) is 0. The molecule has 1 aromatic rings. The first kappa shape index (κ1) is 15.0. The molecular weight excluding hydrogens is 246 g/mol. The highest BCUT2D eigenvalue weighted by atomic mass is 16.5. The van der Waals surface area contributed by atoms with Crippen molar-refractivity contribution >= 4 is 17.5 Å². The lowest BCUT2D eigenvalue weighted by Crippen LogP contribution is -2.88. The van der Waals surface area contributed by atoms with Gasteiger partial charge in [-0.15, -0.1) is 0 Å². The van der Waals surface area contributed by atoms with Gasteiger partial charge in [-0.2, -0.15) is 0 Å². The molecule has 6 nitrogen and oxygen atoms in total. The van der Waals surface area contributed by atoms with Crippen molar-refractivity contribution in [2.24, 2.45) is 0 Å². The SMILES string of the molecule is CCOc1ccc(NC(=O)C[NH2+]CC(=O)NC)cc1. The van der Waals surface area contributed by atoms with Gasteiger partial charge in [-0.05, 0) is 31.2 Å². The Kier molecular flexibility index (Phi) is 6.38. The zero-order chi connectivity index (χ0) is 14.1. The van der Waals surface area contributed by atoms with Crippen LogP contribution in [0.15, 0.2) is 24.3 Å². The summed E-state index contributed by atoms with van der Waals surface area (Å²) >= 11 is 0. The fraction of sp³-hybridized carbons (Fsp3) is 0.385. The maximum atomic E-state index is 11.6. The maximum Gasteiger partial charge on any atom is 0.279 e. The number of carbonyl (C=O) groups is 2. The van der Waals surface area contributed by atoms with Crippen LogP contribution < -0.4 is 20.7 Å². The number of carbonyl (C=O) groups excluding carboxylic acids is 2. The summed E-state index contributed by atoms with van der Waals surface area (Å²) in [6.45, 7) is 2.98. The lowest BCUT2D eigenvalue weighted by molar-refractivity contribution is -0.632. The van der Waals surface area contributed by atoms with Crippen LogP contribution in [0.4, 0.5) is 5.69 Å². The van der Waals surface area contributed by atoms with Gasteiger partial charge >= 0.3 is 0 Å². The van der Waals surface area contributed by atoms with E-state index >= 15 is 0 Å². The molecule has 0 saturated carbocycles. The molecule has 0 fully saturated rings. The first-order chi connectivity index (χ1) is 9.15. The van der Waals surface area contributed by atoms with E-state index in [4.69, 9.17) is 4.74 Å². The van der Waals surface area contributed by atoms with Gasteiger partial charge in [0.25, 0.3) is 11.8 Å². The smallest absolute Gasteiger partial charge is 0.279 e. The Labute approximate surface area is 112 Å². The van der Waals surface area contributed by atoms with Crippen LogP contribution in [0.1, 0.15) is 6.92 Å². The van der Waals surface area contributed by atoms with E-state index in [0.717, 1.165) is 5.75 Å². The number of benzene rings is 1. The fourth-order valence-corrected chi connectivity index (χ4v) is 1.45. The molecule has 0 aliphatic heterocycles. The van der Waals surface area contributed by atoms with E-state index in [9.17, 15) is 9.59 Å². The largest absolute Gasteiger partial charge is 0.494 e. The number of nitrogens with two attached hydrogens (primary N) is 1. The summed E-state index contributed by atoms with van der Waals surface area (Å²) in [5.74, 6) is 0.522. The maximum absolute atomic E-state index is 11.6. The van der Waals surface area contributed by atoms with Crippen LogP contribution in [0.25, 0.3) is 0 Å². The monoisotopic (exact) mass is 266 g/mol. The summed E-state index contributed by atoms with van der Waals surface area (Å²) in [6, 6.07) is 7.16. The van der Waals surface area contributed by atoms with Crippen LogP contribution in [-0.2, 0) is 9.59 Å². The second kappa shape index (κ2) is 8.10. The minimum atomic E-state index is -0.145. The number of nitrogens with one attached hydrogen (secondary N) is 2. The lowest BCUT2D eigenvalue weighted by Gasteiger charge is -2.06. The molecule has 0 aliphatic rings. The molecule has 2 amide bonds. The van der Waals surface area contributed by atoms with Crippen LogP contribution >= 0.6 is 0 Å². The van der Waals surface area contributed by atoms with Gasteiger partial charge in [-0.3, -0.25) is 9.59 Å². The van der Waals surface area contributed by atoms with Crippen LogP contribution in [0.2, 0.25) is 0 Å². The second-order valence-electron chi connectivity index (χ2n) is 3.88. The zero-order valence-electron chi connectivity index (χ0n) is 11.2. The molecule has 1 rings (SSSR count). The summed E-state index contributed by atoms with van der Waals surface area (Å²) in [4.78, 5) is 22.6. The standard InChI is InChI=1S/C13H19N3O3/c1-3-19-11-6-4-10(5-7-11)16-13(18)9-15-8-12(17)14-2/h4-7,15H,3,8-9H2,1-2H3,(H,14,17)(H,16,18)/p+1. The third-order valence-electron chi connectivity index (χ3n) is 2.39. The van der Waals surface area contributed by atoms with E-state index in [0.29, 0.717) is 12.3 Å². The number of rotatable bonds is 7. The van der Waals surface area contributed by atoms with Gasteiger partial charge in [0, 0.05) is 12.7 Å². The molecule has 1 aromatic carbocycles. The summed E-state index contributed by atoms with van der Waals surface area (Å²) in [7, 11) is 1.57. The molecule has 19 heavy (non-hydrogen) atoms. The third kappa shape index (κ3) is 5.87. The van der Waals surface area contributed by atoms with Gasteiger partial charge in [0.2, 0.25) is 0 Å². The van der Waals surface area contributed by atoms with Crippen molar-refractivity contribution in [1.29, 1.82) is 0 Å². The van der Waals surface area contributed by atoms with E-state index in [2.05, 4.69) is 10.6 Å². The average Bonchev–Trinajstić information content (AvgIpc) is 2.41. The molecule has 4 N–H and O–H groups in total. The van der Waals surface area contributed by atoms with Crippen molar-refractivity contribution in [2.75, 3.05) is 32.1 Å². The lowest BCUT2D eigenvalue weighted by atomic mass is 10.3. The van der Waals surface area contributed by atoms with E-state index in [-0.39, 0.29) is 24.9 Å². The van der Waals surface area contributed by atoms with Gasteiger partial charge < -0.3 is 20.7 Å². The van der Waals surface area contributed by atoms with E-state index < -0.39 is 0 Å². The van der Waals surface area contributed by atoms with Crippen LogP contribution in [-0.4, -0.2) is 38.6 Å². The Morgan fingerprint density at radius 3 is 2.37 bits per heavy atom. The summed E-state index contributed by atoms with van der Waals surface area (Å²) < 4.78 is 5.31. The summed E-state index contributed by atoms with van der Waals surface area (Å²) in [5, 5.41) is 6.88. The first-order valence-corrected chi connectivity index (χ1v) is 6.20. The van der Waals surface area contributed by atoms with Gasteiger partial charge in [0.15, 0.2) is 13.1 Å². The molecule has 0 bridgehead atoms. The Morgan fingerprint density at radius 1 is 1.16 bits per heavy atom. The highest BCUT2D eigenvalue weighted by Crippen LogP contribution is 2.15. The number of likely N-dealkylation sites (N-methyl/N-ethyl adjacent to an activating group) is 1. The molecule has 0 unspecified atom stereocenters. The van der Waals surface area contributed by atoms with Crippen molar-refractivity contribution in [1.82, 2.24) is 5.32 Å². The molecule has 0 aliphatic carbocycles. The zero-order valence-corrected chi connectivity index (χ0v) is 11.2. The minimum Gasteiger partial charge on any atom is -0.494 e. The molecular formula is C13H20N3O3+. The number of quaternary nitrogens is 1. The predicted molar refractivity (Wildman–Crippen MR) is 72.0 cm³/mol. The van der Waals surface area contributed by atoms with Crippen molar-refractivity contribution in [3.63, 3.8) is 0 Å². The van der Waals surface area contributed by atoms with Crippen molar-refractivity contribution in [2.45, 2.75) is 6.92 Å². The molecule has 0 saturated heterocycles. The Bertz CT molecular complexity index is 418. The molecule has 0 radical (unpaired) electrons. The van der Waals surface area contributed by atoms with Gasteiger partial charge in [-0.1, -0.05) is 0 Å². The van der Waals surface area contributed by atoms with Gasteiger partial charge in [0.05, 0.1) is 6.61 Å². The second-order valence-corrected chi connectivity index (χ2v) is 3.88. The van der Waals surface area contributed by atoms with Crippen LogP contribution in [0.5, 0.6) is 5.75 Å². The number of ether oxygens (including phenoxy) is 1. The molecule has 0 heterocycles. The normalized spacial score (nSPS) is 9.79. The van der Waals surface area contributed by atoms with Crippen molar-refractivity contribution < 1.29 is 19.6 Å². The number of amides is 2. The number of anilines is 1. The van der Waals surface area contributed by atoms with E-state index in [1.807, 2.05) is 6.92 Å². The molecule has 0 spiro atoms. The molecule has 104 valence electrons. The van der Waals surface area contributed by atoms with Crippen molar-refractivity contribution in [3.8, 4) is 5.75 Å². The Morgan fingerprint density at radius 2 is 1.79 bits per heavy atom. The molecule has 6 heteroatoms. The van der Waals surface area contributed by atoms with Crippen LogP contribution in [0.3, 0.4) is 0 Å². The number of hydrogen-bond donors (Lipinski definition) is 3. The first-order valence-electron chi connectivity index (χ1n) is 6.20. The van der Waals surface area contributed by atoms with Gasteiger partial charge in [0.1, 0.15) is 5.75 Å². The fourth-order valence-electron chi connectivity index (χ4n) is 1.45. The highest BCUT2D eigenvalue weighted by molar-refractivity contribution is 5.91. The topological polar surface area (TPSA) is 84.0 Å². The third-order valence-corrected chi connectivity index (χ3v) is 2.39. The average molecular weight is 266 g/mol. The predicted octanol–water partition coefficient (Wildman–Crippen LogP) is -0.667. The molecule has 0 atom stereocenters. The van der Waals surface area contributed by atoms with E-state index in [1.165, 1.54) is 0 Å². The summed E-state index contributed by atoms with van der Waals surface area (Å²) in [5.41, 5.74) is 0.710. The van der Waals surface area contributed by atoms with E-state index in [1.54, 1.807) is 36.6 Å². The highest BCUT2D eigenvalue weighted by Gasteiger charge is 2.06. The quantitative estimate of drug-likeness (QED) is 0.612. The Balaban J connectivity index is 2.33. The molecule has 0 aromatic heterocycles. The van der Waals surface area contributed by atoms with Gasteiger partial charge in [-0.25, -0.2) is 0 Å². The number of hydrogen-bond acceptors (Lipinski definition) is 3. The van der Waals surface area contributed by atoms with Crippen LogP contribution in [0, 0.1) is 0 Å². The van der Waals surface area contributed by atoms with Crippen molar-refractivity contribution in [3.05, 3.63) is 24.3 Å². The minimum absolute atomic E-state index is 0.103.